The summed E-state index contributed by atoms with van der Waals surface area (Å²) < 4.78 is 8.37. The summed E-state index contributed by atoms with van der Waals surface area (Å²) in [4.78, 5) is 24.0. The van der Waals surface area contributed by atoms with Crippen molar-refractivity contribution in [1.29, 1.82) is 0 Å². The van der Waals surface area contributed by atoms with E-state index in [9.17, 15) is 9.59 Å². The number of nitrogens with zero attached hydrogens (tertiary/aromatic N) is 4. The van der Waals surface area contributed by atoms with E-state index in [1.54, 1.807) is 52.9 Å². The number of esters is 1. The molecule has 0 radical (unpaired) electrons. The van der Waals surface area contributed by atoms with Crippen LogP contribution in [-0.4, -0.2) is 38.0 Å². The Kier molecular flexibility index (Phi) is 4.83. The van der Waals surface area contributed by atoms with Crippen molar-refractivity contribution in [1.82, 2.24) is 19.6 Å². The first-order chi connectivity index (χ1) is 12.4. The Morgan fingerprint density at radius 2 is 1.88 bits per heavy atom. The van der Waals surface area contributed by atoms with Crippen LogP contribution in [0.5, 0.6) is 0 Å². The van der Waals surface area contributed by atoms with Gasteiger partial charge in [0.25, 0.3) is 5.91 Å². The highest BCUT2D eigenvalue weighted by atomic mass is 16.5. The highest BCUT2D eigenvalue weighted by Crippen LogP contribution is 2.12. The SMILES string of the molecule is Cc1cc(NC(=O)COC(=O)c2ccc(-n3nccc3C)cc2)n(C)n1. The number of benzene rings is 1. The number of hydrogen-bond acceptors (Lipinski definition) is 5. The summed E-state index contributed by atoms with van der Waals surface area (Å²) in [7, 11) is 1.72. The Balaban J connectivity index is 1.57. The maximum Gasteiger partial charge on any atom is 0.338 e. The van der Waals surface area contributed by atoms with Crippen molar-refractivity contribution < 1.29 is 14.3 Å². The molecule has 0 fully saturated rings. The molecular formula is C18H19N5O3. The lowest BCUT2D eigenvalue weighted by atomic mass is 10.2. The summed E-state index contributed by atoms with van der Waals surface area (Å²) in [5.74, 6) is -0.447. The Hall–Kier alpha value is -3.42. The molecule has 8 heteroatoms. The molecular weight excluding hydrogens is 334 g/mol. The third kappa shape index (κ3) is 3.80. The maximum atomic E-state index is 12.1. The van der Waals surface area contributed by atoms with Gasteiger partial charge >= 0.3 is 5.97 Å². The van der Waals surface area contributed by atoms with Gasteiger partial charge in [0.15, 0.2) is 6.61 Å². The lowest BCUT2D eigenvalue weighted by Crippen LogP contribution is -2.22. The number of aryl methyl sites for hydroxylation is 3. The summed E-state index contributed by atoms with van der Waals surface area (Å²) in [6.45, 7) is 3.39. The van der Waals surface area contributed by atoms with Gasteiger partial charge in [0, 0.05) is 25.0 Å². The Morgan fingerprint density at radius 3 is 2.46 bits per heavy atom. The van der Waals surface area contributed by atoms with Crippen LogP contribution in [0.15, 0.2) is 42.6 Å². The van der Waals surface area contributed by atoms with Crippen LogP contribution in [0.1, 0.15) is 21.7 Å². The van der Waals surface area contributed by atoms with Gasteiger partial charge in [0.1, 0.15) is 5.82 Å². The van der Waals surface area contributed by atoms with E-state index in [0.717, 1.165) is 17.1 Å². The minimum atomic E-state index is -0.565. The topological polar surface area (TPSA) is 91.0 Å². The van der Waals surface area contributed by atoms with Gasteiger partial charge < -0.3 is 10.1 Å². The molecule has 3 rings (SSSR count). The van der Waals surface area contributed by atoms with Gasteiger partial charge in [0.05, 0.1) is 16.9 Å². The molecule has 3 aromatic rings. The predicted octanol–water partition coefficient (Wildman–Crippen LogP) is 2.02. The second-order valence-corrected chi connectivity index (χ2v) is 5.85. The molecule has 1 amide bonds. The highest BCUT2D eigenvalue weighted by molar-refractivity contribution is 5.95. The number of carbonyl (C=O) groups excluding carboxylic acids is 2. The second kappa shape index (κ2) is 7.22. The molecule has 0 aliphatic rings. The lowest BCUT2D eigenvalue weighted by molar-refractivity contribution is -0.119. The maximum absolute atomic E-state index is 12.1. The number of rotatable bonds is 5. The van der Waals surface area contributed by atoms with Crippen molar-refractivity contribution in [3.63, 3.8) is 0 Å². The number of anilines is 1. The van der Waals surface area contributed by atoms with Crippen molar-refractivity contribution in [3.05, 3.63) is 59.5 Å². The van der Waals surface area contributed by atoms with Crippen LogP contribution in [0, 0.1) is 13.8 Å². The van der Waals surface area contributed by atoms with Gasteiger partial charge in [-0.2, -0.15) is 10.2 Å². The smallest absolute Gasteiger partial charge is 0.338 e. The van der Waals surface area contributed by atoms with Crippen LogP contribution in [0.4, 0.5) is 5.82 Å². The second-order valence-electron chi connectivity index (χ2n) is 5.85. The van der Waals surface area contributed by atoms with Gasteiger partial charge in [-0.05, 0) is 44.2 Å². The van der Waals surface area contributed by atoms with Crippen LogP contribution in [-0.2, 0) is 16.6 Å². The molecule has 0 atom stereocenters. The minimum absolute atomic E-state index is 0.364. The third-order valence-corrected chi connectivity index (χ3v) is 3.78. The summed E-state index contributed by atoms with van der Waals surface area (Å²) in [5, 5.41) is 11.0. The Labute approximate surface area is 150 Å². The van der Waals surface area contributed by atoms with Gasteiger partial charge in [-0.15, -0.1) is 0 Å². The van der Waals surface area contributed by atoms with Crippen LogP contribution in [0.3, 0.4) is 0 Å². The number of nitrogens with one attached hydrogen (secondary N) is 1. The standard InChI is InChI=1S/C18H19N5O3/c1-12-10-16(22(3)21-12)20-17(24)11-26-18(25)14-4-6-15(7-5-14)23-13(2)8-9-19-23/h4-10H,11H2,1-3H3,(H,20,24). The van der Waals surface area contributed by atoms with Crippen LogP contribution in [0.2, 0.25) is 0 Å². The number of hydrogen-bond donors (Lipinski definition) is 1. The molecule has 2 heterocycles. The molecule has 134 valence electrons. The zero-order valence-corrected chi connectivity index (χ0v) is 14.8. The van der Waals surface area contributed by atoms with E-state index < -0.39 is 11.9 Å². The minimum Gasteiger partial charge on any atom is -0.452 e. The van der Waals surface area contributed by atoms with E-state index in [-0.39, 0.29) is 6.61 Å². The quantitative estimate of drug-likeness (QED) is 0.709. The fourth-order valence-electron chi connectivity index (χ4n) is 2.50. The molecule has 26 heavy (non-hydrogen) atoms. The molecule has 0 unspecified atom stereocenters. The predicted molar refractivity (Wildman–Crippen MR) is 95.2 cm³/mol. The van der Waals surface area contributed by atoms with Gasteiger partial charge in [-0.3, -0.25) is 9.48 Å². The van der Waals surface area contributed by atoms with E-state index in [1.807, 2.05) is 19.9 Å². The van der Waals surface area contributed by atoms with E-state index in [4.69, 9.17) is 4.74 Å². The van der Waals surface area contributed by atoms with Gasteiger partial charge in [0.2, 0.25) is 0 Å². The van der Waals surface area contributed by atoms with Crippen molar-refractivity contribution in [2.24, 2.45) is 7.05 Å². The first kappa shape index (κ1) is 17.4. The van der Waals surface area contributed by atoms with Gasteiger partial charge in [-0.1, -0.05) is 0 Å². The van der Waals surface area contributed by atoms with E-state index >= 15 is 0 Å². The normalized spacial score (nSPS) is 10.6. The zero-order chi connectivity index (χ0) is 18.7. The van der Waals surface area contributed by atoms with E-state index in [1.165, 1.54) is 0 Å². The van der Waals surface area contributed by atoms with Crippen LogP contribution >= 0.6 is 0 Å². The fourth-order valence-corrected chi connectivity index (χ4v) is 2.50. The Bertz CT molecular complexity index is 940. The first-order valence-electron chi connectivity index (χ1n) is 8.03. The molecule has 1 N–H and O–H groups in total. The summed E-state index contributed by atoms with van der Waals surface area (Å²) >= 11 is 0. The van der Waals surface area contributed by atoms with Gasteiger partial charge in [-0.25, -0.2) is 9.48 Å². The number of aromatic nitrogens is 4. The van der Waals surface area contributed by atoms with Crippen LogP contribution < -0.4 is 5.32 Å². The third-order valence-electron chi connectivity index (χ3n) is 3.78. The molecule has 0 bridgehead atoms. The first-order valence-corrected chi connectivity index (χ1v) is 8.03. The van der Waals surface area contributed by atoms with Crippen molar-refractivity contribution in [3.8, 4) is 5.69 Å². The molecule has 2 aromatic heterocycles. The van der Waals surface area contributed by atoms with E-state index in [0.29, 0.717) is 11.4 Å². The summed E-state index contributed by atoms with van der Waals surface area (Å²) in [6, 6.07) is 10.5. The summed E-state index contributed by atoms with van der Waals surface area (Å²) in [6.07, 6.45) is 1.71. The molecule has 0 spiro atoms. The molecule has 0 saturated carbocycles. The monoisotopic (exact) mass is 353 g/mol. The van der Waals surface area contributed by atoms with Crippen LogP contribution in [0.25, 0.3) is 5.69 Å². The Morgan fingerprint density at radius 1 is 1.15 bits per heavy atom. The van der Waals surface area contributed by atoms with Crippen molar-refractivity contribution in [2.45, 2.75) is 13.8 Å². The molecule has 8 nitrogen and oxygen atoms in total. The fraction of sp³-hybridized carbons (Fsp3) is 0.222. The average Bonchev–Trinajstić information content (AvgIpc) is 3.18. The number of carbonyl (C=O) groups is 2. The molecule has 0 aliphatic heterocycles. The zero-order valence-electron chi connectivity index (χ0n) is 14.8. The summed E-state index contributed by atoms with van der Waals surface area (Å²) in [5.41, 5.74) is 2.98. The average molecular weight is 353 g/mol. The molecule has 0 aliphatic carbocycles. The number of amides is 1. The molecule has 0 saturated heterocycles. The highest BCUT2D eigenvalue weighted by Gasteiger charge is 2.12. The largest absolute Gasteiger partial charge is 0.452 e. The lowest BCUT2D eigenvalue weighted by Gasteiger charge is -2.08. The molecule has 1 aromatic carbocycles. The number of ether oxygens (including phenoxy) is 1. The van der Waals surface area contributed by atoms with E-state index in [2.05, 4.69) is 15.5 Å². The van der Waals surface area contributed by atoms with Crippen molar-refractivity contribution in [2.75, 3.05) is 11.9 Å². The van der Waals surface area contributed by atoms with Crippen molar-refractivity contribution >= 4 is 17.7 Å².